The molecule has 0 saturated heterocycles. The molecule has 5 rings (SSSR count). The van der Waals surface area contributed by atoms with Gasteiger partial charge in [0.05, 0.1) is 11.3 Å². The molecule has 1 amide bonds. The zero-order valence-corrected chi connectivity index (χ0v) is 21.8. The average Bonchev–Trinajstić information content (AvgIpc) is 3.54. The number of amides is 1. The third kappa shape index (κ3) is 5.09. The Morgan fingerprint density at radius 1 is 1.00 bits per heavy atom. The molecule has 0 radical (unpaired) electrons. The zero-order valence-electron chi connectivity index (χ0n) is 21.8. The number of carbonyl (C=O) groups excluding carboxylic acids is 2. The minimum atomic E-state index is -0.516. The van der Waals surface area contributed by atoms with E-state index in [1.165, 1.54) is 13.0 Å². The highest BCUT2D eigenvalue weighted by atomic mass is 19.1. The topological polar surface area (TPSA) is 73.2 Å². The van der Waals surface area contributed by atoms with Crippen LogP contribution in [0.2, 0.25) is 0 Å². The molecule has 194 valence electrons. The number of halogens is 1. The van der Waals surface area contributed by atoms with Crippen LogP contribution in [0.5, 0.6) is 5.88 Å². The van der Waals surface area contributed by atoms with E-state index in [4.69, 9.17) is 9.84 Å². The van der Waals surface area contributed by atoms with Crippen LogP contribution in [0.4, 0.5) is 10.1 Å². The van der Waals surface area contributed by atoms with Gasteiger partial charge in [-0.3, -0.25) is 9.59 Å². The Balaban J connectivity index is 1.65. The van der Waals surface area contributed by atoms with E-state index >= 15 is 4.39 Å². The summed E-state index contributed by atoms with van der Waals surface area (Å²) in [6.45, 7) is 5.27. The number of esters is 1. The Kier molecular flexibility index (Phi) is 7.09. The fourth-order valence-electron chi connectivity index (χ4n) is 5.09. The van der Waals surface area contributed by atoms with Crippen LogP contribution >= 0.6 is 0 Å². The van der Waals surface area contributed by atoms with Gasteiger partial charge in [0.2, 0.25) is 11.8 Å². The normalized spacial score (nSPS) is 13.5. The number of benzene rings is 3. The van der Waals surface area contributed by atoms with Crippen molar-refractivity contribution >= 4 is 17.6 Å². The van der Waals surface area contributed by atoms with E-state index in [1.54, 1.807) is 35.0 Å². The lowest BCUT2D eigenvalue weighted by atomic mass is 10.0. The summed E-state index contributed by atoms with van der Waals surface area (Å²) < 4.78 is 22.4. The quantitative estimate of drug-likeness (QED) is 0.283. The van der Waals surface area contributed by atoms with Crippen LogP contribution in [-0.2, 0) is 9.59 Å². The summed E-state index contributed by atoms with van der Waals surface area (Å²) in [5, 5.41) is 7.79. The molecular formula is C31H30FN3O3. The first-order chi connectivity index (χ1) is 18.3. The molecule has 4 aromatic rings. The van der Waals surface area contributed by atoms with Crippen LogP contribution in [0.25, 0.3) is 28.1 Å². The molecule has 1 saturated carbocycles. The van der Waals surface area contributed by atoms with Crippen molar-refractivity contribution in [2.45, 2.75) is 46.5 Å². The number of carbonyl (C=O) groups is 2. The Morgan fingerprint density at radius 2 is 1.71 bits per heavy atom. The van der Waals surface area contributed by atoms with Crippen LogP contribution in [0.15, 0.2) is 66.7 Å². The minimum Gasteiger partial charge on any atom is -0.407 e. The van der Waals surface area contributed by atoms with Crippen LogP contribution in [0.1, 0.15) is 43.7 Å². The number of hydrogen-bond donors (Lipinski definition) is 1. The first-order valence-corrected chi connectivity index (χ1v) is 12.9. The van der Waals surface area contributed by atoms with Gasteiger partial charge in [0, 0.05) is 24.1 Å². The number of anilines is 1. The lowest BCUT2D eigenvalue weighted by molar-refractivity contribution is -0.132. The summed E-state index contributed by atoms with van der Waals surface area (Å²) in [4.78, 5) is 24.9. The summed E-state index contributed by atoms with van der Waals surface area (Å²) in [7, 11) is 0. The van der Waals surface area contributed by atoms with Crippen molar-refractivity contribution < 1.29 is 18.7 Å². The van der Waals surface area contributed by atoms with E-state index in [9.17, 15) is 9.59 Å². The highest BCUT2D eigenvalue weighted by Crippen LogP contribution is 2.42. The number of hydrogen-bond acceptors (Lipinski definition) is 4. The van der Waals surface area contributed by atoms with Gasteiger partial charge in [0.15, 0.2) is 0 Å². The van der Waals surface area contributed by atoms with Gasteiger partial charge in [-0.1, -0.05) is 54.8 Å². The molecule has 1 N–H and O–H groups in total. The van der Waals surface area contributed by atoms with Crippen molar-refractivity contribution in [2.24, 2.45) is 5.92 Å². The number of ether oxygens (including phenoxy) is 1. The third-order valence-electron chi connectivity index (χ3n) is 6.96. The fourth-order valence-corrected chi connectivity index (χ4v) is 5.09. The lowest BCUT2D eigenvalue weighted by Gasteiger charge is -2.13. The second-order valence-corrected chi connectivity index (χ2v) is 9.85. The van der Waals surface area contributed by atoms with Crippen LogP contribution in [-0.4, -0.2) is 21.7 Å². The molecule has 0 aliphatic heterocycles. The molecular weight excluding hydrogens is 481 g/mol. The average molecular weight is 512 g/mol. The van der Waals surface area contributed by atoms with Crippen molar-refractivity contribution in [2.75, 3.05) is 5.32 Å². The summed E-state index contributed by atoms with van der Waals surface area (Å²) in [6, 6.07) is 19.5. The largest absolute Gasteiger partial charge is 0.407 e. The Morgan fingerprint density at radius 3 is 2.37 bits per heavy atom. The monoisotopic (exact) mass is 511 g/mol. The molecule has 0 unspecified atom stereocenters. The molecule has 3 aromatic carbocycles. The first-order valence-electron chi connectivity index (χ1n) is 12.9. The van der Waals surface area contributed by atoms with E-state index in [-0.39, 0.29) is 23.3 Å². The molecule has 6 nitrogen and oxygen atoms in total. The van der Waals surface area contributed by atoms with Gasteiger partial charge in [0.1, 0.15) is 11.5 Å². The van der Waals surface area contributed by atoms with E-state index in [2.05, 4.69) is 5.32 Å². The van der Waals surface area contributed by atoms with Crippen LogP contribution < -0.4 is 10.1 Å². The summed E-state index contributed by atoms with van der Waals surface area (Å²) in [5.74, 6) is -0.670. The minimum absolute atomic E-state index is 0.0329. The Bertz CT molecular complexity index is 1500. The van der Waals surface area contributed by atoms with Crippen molar-refractivity contribution in [3.63, 3.8) is 0 Å². The van der Waals surface area contributed by atoms with E-state index in [1.807, 2.05) is 44.2 Å². The summed E-state index contributed by atoms with van der Waals surface area (Å²) >= 11 is 0. The molecule has 7 heteroatoms. The lowest BCUT2D eigenvalue weighted by Crippen LogP contribution is -2.20. The molecule has 1 fully saturated rings. The van der Waals surface area contributed by atoms with Gasteiger partial charge in [-0.2, -0.15) is 9.78 Å². The Labute approximate surface area is 221 Å². The predicted octanol–water partition coefficient (Wildman–Crippen LogP) is 7.02. The first kappa shape index (κ1) is 25.4. The summed E-state index contributed by atoms with van der Waals surface area (Å²) in [6.07, 6.45) is 4.00. The van der Waals surface area contributed by atoms with Crippen molar-refractivity contribution in [3.8, 4) is 34.0 Å². The van der Waals surface area contributed by atoms with Crippen molar-refractivity contribution in [3.05, 3.63) is 83.7 Å². The molecule has 38 heavy (non-hydrogen) atoms. The molecule has 1 heterocycles. The van der Waals surface area contributed by atoms with E-state index < -0.39 is 11.8 Å². The smallest absolute Gasteiger partial charge is 0.309 e. The van der Waals surface area contributed by atoms with Gasteiger partial charge in [-0.15, -0.1) is 0 Å². The standard InChI is InChI=1S/C31H30FN3O3/c1-19-12-17-27(20(2)18-19)35-31(38-21(3)36)28(29(34-35)25-10-6-7-11-26(25)32)22-13-15-24(16-14-22)33-30(37)23-8-4-5-9-23/h6-7,10-18,23H,4-5,8-9H2,1-3H3,(H,33,37). The van der Waals surface area contributed by atoms with Gasteiger partial charge in [-0.25, -0.2) is 4.39 Å². The van der Waals surface area contributed by atoms with Crippen LogP contribution in [0, 0.1) is 25.6 Å². The number of aromatic nitrogens is 2. The maximum Gasteiger partial charge on any atom is 0.309 e. The fraction of sp³-hybridized carbons (Fsp3) is 0.258. The molecule has 0 bridgehead atoms. The molecule has 1 aliphatic carbocycles. The maximum atomic E-state index is 15.1. The molecule has 1 aliphatic rings. The van der Waals surface area contributed by atoms with E-state index in [0.29, 0.717) is 22.5 Å². The van der Waals surface area contributed by atoms with Crippen molar-refractivity contribution in [1.82, 2.24) is 9.78 Å². The molecule has 0 atom stereocenters. The maximum absolute atomic E-state index is 15.1. The SMILES string of the molecule is CC(=O)Oc1c(-c2ccc(NC(=O)C3CCCC3)cc2)c(-c2ccccc2F)nn1-c1ccc(C)cc1C. The predicted molar refractivity (Wildman–Crippen MR) is 146 cm³/mol. The van der Waals surface area contributed by atoms with E-state index in [0.717, 1.165) is 42.5 Å². The molecule has 0 spiro atoms. The van der Waals surface area contributed by atoms with Crippen LogP contribution in [0.3, 0.4) is 0 Å². The highest BCUT2D eigenvalue weighted by molar-refractivity contribution is 5.93. The number of rotatable bonds is 6. The van der Waals surface area contributed by atoms with Crippen molar-refractivity contribution in [1.29, 1.82) is 0 Å². The van der Waals surface area contributed by atoms with Gasteiger partial charge >= 0.3 is 5.97 Å². The van der Waals surface area contributed by atoms with Gasteiger partial charge < -0.3 is 10.1 Å². The highest BCUT2D eigenvalue weighted by Gasteiger charge is 2.27. The third-order valence-corrected chi connectivity index (χ3v) is 6.96. The van der Waals surface area contributed by atoms with Gasteiger partial charge in [0.25, 0.3) is 0 Å². The number of nitrogens with one attached hydrogen (secondary N) is 1. The second-order valence-electron chi connectivity index (χ2n) is 9.85. The number of nitrogens with zero attached hydrogens (tertiary/aromatic N) is 2. The summed E-state index contributed by atoms with van der Waals surface area (Å²) in [5.41, 5.74) is 5.20. The number of aryl methyl sites for hydroxylation is 2. The Hall–Kier alpha value is -4.26. The zero-order chi connectivity index (χ0) is 26.8. The van der Waals surface area contributed by atoms with Gasteiger partial charge in [-0.05, 0) is 68.1 Å². The molecule has 1 aromatic heterocycles. The second kappa shape index (κ2) is 10.6.